The van der Waals surface area contributed by atoms with Gasteiger partial charge in [0.15, 0.2) is 0 Å². The number of carbonyl (C=O) groups is 1. The molecule has 0 saturated carbocycles. The third kappa shape index (κ3) is 3.43. The summed E-state index contributed by atoms with van der Waals surface area (Å²) in [7, 11) is 0. The average Bonchev–Trinajstić information content (AvgIpc) is 3.18. The van der Waals surface area contributed by atoms with E-state index < -0.39 is 5.91 Å². The van der Waals surface area contributed by atoms with E-state index in [9.17, 15) is 10.1 Å². The quantitative estimate of drug-likeness (QED) is 0.696. The number of nitriles is 1. The zero-order chi connectivity index (χ0) is 16.2. The molecule has 23 heavy (non-hydrogen) atoms. The molecule has 1 atom stereocenters. The van der Waals surface area contributed by atoms with Gasteiger partial charge in [-0.1, -0.05) is 6.07 Å². The number of hydrogen-bond acceptors (Lipinski definition) is 4. The molecule has 0 bridgehead atoms. The minimum Gasteiger partial charge on any atom is -0.490 e. The van der Waals surface area contributed by atoms with E-state index in [4.69, 9.17) is 9.15 Å². The molecule has 5 nitrogen and oxygen atoms in total. The fraction of sp³-hybridized carbons (Fsp3) is 0.222. The molecule has 0 saturated heterocycles. The van der Waals surface area contributed by atoms with Gasteiger partial charge in [0.25, 0.3) is 5.91 Å². The highest BCUT2D eigenvalue weighted by molar-refractivity contribution is 6.01. The molecule has 0 fully saturated rings. The Bertz CT molecular complexity index is 785. The summed E-state index contributed by atoms with van der Waals surface area (Å²) in [5.74, 6) is 1.09. The van der Waals surface area contributed by atoms with Crippen LogP contribution in [0.2, 0.25) is 0 Å². The predicted octanol–water partition coefficient (Wildman–Crippen LogP) is 2.83. The molecule has 116 valence electrons. The van der Waals surface area contributed by atoms with Gasteiger partial charge in [0.1, 0.15) is 29.3 Å². The molecule has 0 radical (unpaired) electrons. The van der Waals surface area contributed by atoms with Gasteiger partial charge in [-0.2, -0.15) is 5.26 Å². The molecule has 5 heteroatoms. The number of nitrogens with one attached hydrogen (secondary N) is 1. The summed E-state index contributed by atoms with van der Waals surface area (Å²) in [6.45, 7) is 2.26. The topological polar surface area (TPSA) is 75.3 Å². The van der Waals surface area contributed by atoms with Crippen LogP contribution in [-0.2, 0) is 17.8 Å². The molecule has 0 aliphatic carbocycles. The van der Waals surface area contributed by atoms with Gasteiger partial charge in [-0.15, -0.1) is 0 Å². The van der Waals surface area contributed by atoms with E-state index in [1.807, 2.05) is 31.2 Å². The van der Waals surface area contributed by atoms with Gasteiger partial charge in [-0.05, 0) is 48.4 Å². The van der Waals surface area contributed by atoms with Crippen molar-refractivity contribution in [2.45, 2.75) is 26.0 Å². The van der Waals surface area contributed by atoms with Crippen molar-refractivity contribution in [3.05, 3.63) is 59.1 Å². The zero-order valence-corrected chi connectivity index (χ0v) is 12.7. The first-order chi connectivity index (χ1) is 11.2. The third-order valence-electron chi connectivity index (χ3n) is 3.60. The molecule has 0 spiro atoms. The summed E-state index contributed by atoms with van der Waals surface area (Å²) >= 11 is 0. The van der Waals surface area contributed by atoms with Gasteiger partial charge in [-0.3, -0.25) is 4.79 Å². The van der Waals surface area contributed by atoms with Crippen LogP contribution in [0.1, 0.15) is 23.8 Å². The Hall–Kier alpha value is -3.00. The Morgan fingerprint density at radius 3 is 3.09 bits per heavy atom. The number of furan rings is 1. The first kappa shape index (κ1) is 14.9. The Kier molecular flexibility index (Phi) is 4.15. The van der Waals surface area contributed by atoms with Crippen LogP contribution in [-0.4, -0.2) is 12.0 Å². The Morgan fingerprint density at radius 2 is 2.35 bits per heavy atom. The molecular formula is C18H16N2O3. The van der Waals surface area contributed by atoms with Crippen LogP contribution in [0.25, 0.3) is 6.08 Å². The number of amides is 1. The predicted molar refractivity (Wildman–Crippen MR) is 84.4 cm³/mol. The number of nitrogens with zero attached hydrogens (tertiary/aromatic N) is 1. The summed E-state index contributed by atoms with van der Waals surface area (Å²) < 4.78 is 10.8. The molecule has 2 heterocycles. The Morgan fingerprint density at radius 1 is 1.48 bits per heavy atom. The van der Waals surface area contributed by atoms with Crippen molar-refractivity contribution in [2.24, 2.45) is 0 Å². The second-order valence-corrected chi connectivity index (χ2v) is 5.43. The highest BCUT2D eigenvalue weighted by Crippen LogP contribution is 2.29. The lowest BCUT2D eigenvalue weighted by molar-refractivity contribution is -0.117. The second-order valence-electron chi connectivity index (χ2n) is 5.43. The molecular weight excluding hydrogens is 292 g/mol. The summed E-state index contributed by atoms with van der Waals surface area (Å²) in [6.07, 6.45) is 4.12. The van der Waals surface area contributed by atoms with Gasteiger partial charge in [0.2, 0.25) is 0 Å². The van der Waals surface area contributed by atoms with E-state index in [1.54, 1.807) is 18.2 Å². The molecule has 1 aliphatic heterocycles. The maximum absolute atomic E-state index is 12.1. The molecule has 0 unspecified atom stereocenters. The minimum atomic E-state index is -0.422. The van der Waals surface area contributed by atoms with Gasteiger partial charge in [0, 0.05) is 6.42 Å². The van der Waals surface area contributed by atoms with Crippen molar-refractivity contribution in [1.82, 2.24) is 5.32 Å². The molecule has 1 aliphatic rings. The summed E-state index contributed by atoms with van der Waals surface area (Å²) in [6, 6.07) is 11.1. The van der Waals surface area contributed by atoms with Crippen LogP contribution in [0.4, 0.5) is 0 Å². The SMILES string of the molecule is C[C@H]1Cc2cc(/C=C(\C#N)C(=O)NCc3ccco3)ccc2O1. The molecule has 3 rings (SSSR count). The fourth-order valence-corrected chi connectivity index (χ4v) is 2.52. The highest BCUT2D eigenvalue weighted by Gasteiger charge is 2.19. The van der Waals surface area contributed by atoms with Gasteiger partial charge in [0.05, 0.1) is 12.8 Å². The standard InChI is InChI=1S/C18H16N2O3/c1-12-7-14-8-13(4-5-17(14)23-12)9-15(10-19)18(21)20-11-16-3-2-6-22-16/h2-6,8-9,12H,7,11H2,1H3,(H,20,21)/b15-9+/t12-/m0/s1. The van der Waals surface area contributed by atoms with Crippen LogP contribution in [0.5, 0.6) is 5.75 Å². The molecule has 1 aromatic heterocycles. The summed E-state index contributed by atoms with van der Waals surface area (Å²) in [5, 5.41) is 11.9. The molecule has 1 N–H and O–H groups in total. The van der Waals surface area contributed by atoms with Crippen LogP contribution >= 0.6 is 0 Å². The van der Waals surface area contributed by atoms with Crippen molar-refractivity contribution in [1.29, 1.82) is 5.26 Å². The maximum Gasteiger partial charge on any atom is 0.262 e. The van der Waals surface area contributed by atoms with Crippen molar-refractivity contribution in [3.63, 3.8) is 0 Å². The number of fused-ring (bicyclic) bond motifs is 1. The number of hydrogen-bond donors (Lipinski definition) is 1. The molecule has 1 amide bonds. The minimum absolute atomic E-state index is 0.0588. The lowest BCUT2D eigenvalue weighted by Gasteiger charge is -2.03. The first-order valence-electron chi connectivity index (χ1n) is 7.37. The zero-order valence-electron chi connectivity index (χ0n) is 12.7. The summed E-state index contributed by atoms with van der Waals surface area (Å²) in [4.78, 5) is 12.1. The van der Waals surface area contributed by atoms with Crippen molar-refractivity contribution < 1.29 is 13.9 Å². The number of ether oxygens (including phenoxy) is 1. The van der Waals surface area contributed by atoms with Crippen LogP contribution in [0, 0.1) is 11.3 Å². The van der Waals surface area contributed by atoms with Gasteiger partial charge < -0.3 is 14.5 Å². The normalized spacial score (nSPS) is 16.3. The van der Waals surface area contributed by atoms with Crippen molar-refractivity contribution in [2.75, 3.05) is 0 Å². The largest absolute Gasteiger partial charge is 0.490 e. The van der Waals surface area contributed by atoms with Crippen molar-refractivity contribution >= 4 is 12.0 Å². The second kappa shape index (κ2) is 6.41. The average molecular weight is 308 g/mol. The Labute approximate surface area is 134 Å². The third-order valence-corrected chi connectivity index (χ3v) is 3.60. The van der Waals surface area contributed by atoms with Crippen LogP contribution in [0.3, 0.4) is 0 Å². The van der Waals surface area contributed by atoms with E-state index >= 15 is 0 Å². The summed E-state index contributed by atoms with van der Waals surface area (Å²) in [5.41, 5.74) is 1.97. The Balaban J connectivity index is 1.73. The maximum atomic E-state index is 12.1. The number of benzene rings is 1. The van der Waals surface area contributed by atoms with Crippen LogP contribution in [0.15, 0.2) is 46.6 Å². The van der Waals surface area contributed by atoms with E-state index in [0.717, 1.165) is 23.3 Å². The lowest BCUT2D eigenvalue weighted by Crippen LogP contribution is -2.23. The number of rotatable bonds is 4. The number of carbonyl (C=O) groups excluding carboxylic acids is 1. The van der Waals surface area contributed by atoms with Crippen molar-refractivity contribution in [3.8, 4) is 11.8 Å². The van der Waals surface area contributed by atoms with Gasteiger partial charge in [-0.25, -0.2) is 0 Å². The van der Waals surface area contributed by atoms with Gasteiger partial charge >= 0.3 is 0 Å². The molecule has 1 aromatic carbocycles. The first-order valence-corrected chi connectivity index (χ1v) is 7.37. The smallest absolute Gasteiger partial charge is 0.262 e. The lowest BCUT2D eigenvalue weighted by atomic mass is 10.0. The van der Waals surface area contributed by atoms with E-state index in [-0.39, 0.29) is 18.2 Å². The molecule has 2 aromatic rings. The van der Waals surface area contributed by atoms with E-state index in [1.165, 1.54) is 6.26 Å². The van der Waals surface area contributed by atoms with E-state index in [2.05, 4.69) is 5.32 Å². The van der Waals surface area contributed by atoms with E-state index in [0.29, 0.717) is 5.76 Å². The monoisotopic (exact) mass is 308 g/mol. The fourth-order valence-electron chi connectivity index (χ4n) is 2.52. The van der Waals surface area contributed by atoms with Crippen LogP contribution < -0.4 is 10.1 Å². The highest BCUT2D eigenvalue weighted by atomic mass is 16.5.